The normalized spacial score (nSPS) is 32.9. The van der Waals surface area contributed by atoms with E-state index in [2.05, 4.69) is 15.0 Å². The molecule has 0 aliphatic carbocycles. The van der Waals surface area contributed by atoms with Crippen LogP contribution in [0.25, 0.3) is 11.2 Å². The van der Waals surface area contributed by atoms with E-state index in [1.54, 1.807) is 0 Å². The Morgan fingerprint density at radius 1 is 1.67 bits per heavy atom. The third-order valence-corrected chi connectivity index (χ3v) is 3.60. The summed E-state index contributed by atoms with van der Waals surface area (Å²) in [5, 5.41) is 19.0. The number of ether oxygens (including phenoxy) is 1. The monoisotopic (exact) mass is 299 g/mol. The zero-order chi connectivity index (χ0) is 15.4. The van der Waals surface area contributed by atoms with Crippen molar-refractivity contribution in [3.63, 3.8) is 0 Å². The van der Waals surface area contributed by atoms with Crippen LogP contribution in [0, 0.1) is 0 Å². The average molecular weight is 299 g/mol. The molecule has 3 rings (SSSR count). The van der Waals surface area contributed by atoms with Gasteiger partial charge < -0.3 is 20.7 Å². The molecule has 9 nitrogen and oxygen atoms in total. The number of nitrogens with one attached hydrogen (secondary N) is 1. The third kappa shape index (κ3) is 1.91. The number of fused-ring (bicyclic) bond motifs is 1. The lowest BCUT2D eigenvalue weighted by atomic mass is 9.99. The van der Waals surface area contributed by atoms with E-state index in [0.717, 1.165) is 6.92 Å². The molecule has 0 unspecified atom stereocenters. The zero-order valence-electron chi connectivity index (χ0n) is 11.0. The molecule has 1 saturated heterocycles. The molecule has 0 bridgehead atoms. The third-order valence-electron chi connectivity index (χ3n) is 3.60. The second-order valence-corrected chi connectivity index (χ2v) is 5.08. The summed E-state index contributed by atoms with van der Waals surface area (Å²) in [5.41, 5.74) is 2.73. The quantitative estimate of drug-likeness (QED) is 0.539. The maximum atomic E-state index is 14.7. The van der Waals surface area contributed by atoms with Gasteiger partial charge in [0.25, 0.3) is 5.56 Å². The van der Waals surface area contributed by atoms with Gasteiger partial charge in [-0.15, -0.1) is 0 Å². The van der Waals surface area contributed by atoms with Gasteiger partial charge in [-0.2, -0.15) is 4.98 Å². The zero-order valence-corrected chi connectivity index (χ0v) is 11.0. The molecule has 0 spiro atoms. The van der Waals surface area contributed by atoms with Gasteiger partial charge >= 0.3 is 0 Å². The van der Waals surface area contributed by atoms with Crippen LogP contribution in [0.1, 0.15) is 13.2 Å². The van der Waals surface area contributed by atoms with E-state index in [1.165, 1.54) is 10.9 Å². The number of hydrogen-bond donors (Lipinski definition) is 4. The molecule has 0 aromatic carbocycles. The summed E-state index contributed by atoms with van der Waals surface area (Å²) in [6.45, 7) is 0.598. The van der Waals surface area contributed by atoms with Crippen molar-refractivity contribution in [2.45, 2.75) is 31.0 Å². The van der Waals surface area contributed by atoms with Crippen molar-refractivity contribution in [1.29, 1.82) is 0 Å². The minimum absolute atomic E-state index is 0.0226. The summed E-state index contributed by atoms with van der Waals surface area (Å²) in [4.78, 5) is 21.7. The minimum atomic E-state index is -2.19. The van der Waals surface area contributed by atoms with Crippen LogP contribution in [0.2, 0.25) is 0 Å². The highest BCUT2D eigenvalue weighted by molar-refractivity contribution is 5.70. The summed E-state index contributed by atoms with van der Waals surface area (Å²) in [5.74, 6) is -0.146. The molecule has 5 N–H and O–H groups in total. The molecule has 10 heteroatoms. The van der Waals surface area contributed by atoms with Gasteiger partial charge in [0.15, 0.2) is 23.1 Å². The molecule has 0 amide bonds. The Morgan fingerprint density at radius 2 is 2.38 bits per heavy atom. The van der Waals surface area contributed by atoms with Crippen LogP contribution in [-0.2, 0) is 4.74 Å². The lowest BCUT2D eigenvalue weighted by Crippen LogP contribution is -2.40. The summed E-state index contributed by atoms with van der Waals surface area (Å²) in [6.07, 6.45) is -2.71. The number of aromatic nitrogens is 4. The predicted octanol–water partition coefficient (Wildman–Crippen LogP) is -1.32. The fourth-order valence-corrected chi connectivity index (χ4v) is 2.48. The van der Waals surface area contributed by atoms with Crippen molar-refractivity contribution in [2.24, 2.45) is 0 Å². The van der Waals surface area contributed by atoms with Crippen LogP contribution >= 0.6 is 0 Å². The number of anilines is 1. The number of rotatable bonds is 2. The number of alkyl halides is 1. The van der Waals surface area contributed by atoms with E-state index in [9.17, 15) is 14.3 Å². The van der Waals surface area contributed by atoms with Crippen molar-refractivity contribution < 1.29 is 19.3 Å². The molecule has 0 radical (unpaired) electrons. The van der Waals surface area contributed by atoms with E-state index in [1.807, 2.05) is 0 Å². The number of imidazole rings is 1. The smallest absolute Gasteiger partial charge is 0.280 e. The molecule has 2 aromatic rings. The maximum absolute atomic E-state index is 14.7. The molecule has 114 valence electrons. The van der Waals surface area contributed by atoms with Gasteiger partial charge in [-0.25, -0.2) is 9.37 Å². The Hall–Kier alpha value is -2.04. The number of hydrogen-bond acceptors (Lipinski definition) is 7. The minimum Gasteiger partial charge on any atom is -0.394 e. The number of H-pyrrole nitrogens is 1. The van der Waals surface area contributed by atoms with Gasteiger partial charge in [-0.1, -0.05) is 0 Å². The van der Waals surface area contributed by atoms with Gasteiger partial charge in [-0.3, -0.25) is 14.3 Å². The average Bonchev–Trinajstić information content (AvgIpc) is 2.91. The van der Waals surface area contributed by atoms with Crippen molar-refractivity contribution in [3.05, 3.63) is 16.7 Å². The standard InChI is InChI=1S/C11H14FN5O4/c1-11(12)6(19)4(2-18)21-9(11)17-3-14-5-7(17)15-10(13)16-8(5)20/h3-4,6,9,18-19H,2H2,1H3,(H3,13,15,16,20)/t4-,6+,9-,11-/m0/s1. The first-order chi connectivity index (χ1) is 9.86. The Kier molecular flexibility index (Phi) is 2.97. The van der Waals surface area contributed by atoms with Gasteiger partial charge in [0.05, 0.1) is 12.9 Å². The van der Waals surface area contributed by atoms with Crippen LogP contribution in [0.15, 0.2) is 11.1 Å². The second kappa shape index (κ2) is 4.48. The van der Waals surface area contributed by atoms with E-state index in [-0.39, 0.29) is 17.1 Å². The largest absolute Gasteiger partial charge is 0.394 e. The van der Waals surface area contributed by atoms with Crippen LogP contribution in [0.4, 0.5) is 10.3 Å². The fraction of sp³-hybridized carbons (Fsp3) is 0.545. The van der Waals surface area contributed by atoms with E-state index >= 15 is 0 Å². The predicted molar refractivity (Wildman–Crippen MR) is 69.1 cm³/mol. The summed E-state index contributed by atoms with van der Waals surface area (Å²) < 4.78 is 21.2. The van der Waals surface area contributed by atoms with E-state index in [4.69, 9.17) is 15.6 Å². The SMILES string of the molecule is C[C@]1(F)[C@H](O)[C@H](CO)O[C@@H]1n1cnc2c(=O)[nH]c(N)nc21. The van der Waals surface area contributed by atoms with Crippen molar-refractivity contribution >= 4 is 17.1 Å². The fourth-order valence-electron chi connectivity index (χ4n) is 2.48. The second-order valence-electron chi connectivity index (χ2n) is 5.08. The molecule has 21 heavy (non-hydrogen) atoms. The Morgan fingerprint density at radius 3 is 3.00 bits per heavy atom. The van der Waals surface area contributed by atoms with E-state index < -0.39 is 36.3 Å². The number of nitrogen functional groups attached to an aromatic ring is 1. The van der Waals surface area contributed by atoms with Gasteiger partial charge in [0.1, 0.15) is 12.2 Å². The number of aliphatic hydroxyl groups is 2. The summed E-state index contributed by atoms with van der Waals surface area (Å²) in [6, 6.07) is 0. The van der Waals surface area contributed by atoms with Crippen LogP contribution in [0.3, 0.4) is 0 Å². The maximum Gasteiger partial charge on any atom is 0.280 e. The number of aliphatic hydroxyl groups excluding tert-OH is 2. The van der Waals surface area contributed by atoms with Crippen LogP contribution < -0.4 is 11.3 Å². The van der Waals surface area contributed by atoms with E-state index in [0.29, 0.717) is 0 Å². The molecule has 1 fully saturated rings. The molecule has 2 aromatic heterocycles. The lowest BCUT2D eigenvalue weighted by molar-refractivity contribution is -0.0566. The van der Waals surface area contributed by atoms with Gasteiger partial charge in [0, 0.05) is 0 Å². The number of nitrogens with two attached hydrogens (primary N) is 1. The van der Waals surface area contributed by atoms with Gasteiger partial charge in [-0.05, 0) is 6.92 Å². The van der Waals surface area contributed by atoms with Gasteiger partial charge in [0.2, 0.25) is 5.95 Å². The highest BCUT2D eigenvalue weighted by Crippen LogP contribution is 2.41. The number of halogens is 1. The van der Waals surface area contributed by atoms with Crippen molar-refractivity contribution in [1.82, 2.24) is 19.5 Å². The Labute approximate surface area is 117 Å². The first-order valence-corrected chi connectivity index (χ1v) is 6.22. The number of nitrogens with zero attached hydrogens (tertiary/aromatic N) is 3. The van der Waals surface area contributed by atoms with Crippen LogP contribution in [0.5, 0.6) is 0 Å². The topological polar surface area (TPSA) is 139 Å². The first kappa shape index (κ1) is 13.9. The molecular formula is C11H14FN5O4. The Balaban J connectivity index is 2.15. The lowest BCUT2D eigenvalue weighted by Gasteiger charge is -2.24. The molecule has 1 aliphatic rings. The molecule has 1 aliphatic heterocycles. The van der Waals surface area contributed by atoms with Crippen molar-refractivity contribution in [2.75, 3.05) is 12.3 Å². The molecule has 4 atom stereocenters. The highest BCUT2D eigenvalue weighted by atomic mass is 19.1. The number of aromatic amines is 1. The summed E-state index contributed by atoms with van der Waals surface area (Å²) in [7, 11) is 0. The highest BCUT2D eigenvalue weighted by Gasteiger charge is 2.55. The first-order valence-electron chi connectivity index (χ1n) is 6.22. The summed E-state index contributed by atoms with van der Waals surface area (Å²) >= 11 is 0. The Bertz CT molecular complexity index is 742. The molecule has 0 saturated carbocycles. The van der Waals surface area contributed by atoms with Crippen molar-refractivity contribution in [3.8, 4) is 0 Å². The molecule has 3 heterocycles. The van der Waals surface area contributed by atoms with Crippen LogP contribution in [-0.4, -0.2) is 54.2 Å². The molecular weight excluding hydrogens is 285 g/mol.